The van der Waals surface area contributed by atoms with Crippen molar-refractivity contribution in [3.8, 4) is 0 Å². The Morgan fingerprint density at radius 3 is 3.00 bits per heavy atom. The summed E-state index contributed by atoms with van der Waals surface area (Å²) in [4.78, 5) is 12.0. The molecule has 5 nitrogen and oxygen atoms in total. The Balaban J connectivity index is 2.10. The predicted octanol–water partition coefficient (Wildman–Crippen LogP) is 0.185. The Bertz CT molecular complexity index is 399. The van der Waals surface area contributed by atoms with E-state index in [2.05, 4.69) is 20.8 Å². The van der Waals surface area contributed by atoms with Crippen LogP contribution in [0, 0.1) is 13.8 Å². The van der Waals surface area contributed by atoms with Crippen molar-refractivity contribution in [2.75, 3.05) is 13.1 Å². The van der Waals surface area contributed by atoms with Gasteiger partial charge in [0.1, 0.15) is 0 Å². The fraction of sp³-hybridized carbons (Fsp3) is 0.545. The standard InChI is InChI=1S/C11H16N4O/c1-7-5-10(8(2)15-14-7)11(16)13-9-3-4-12-6-9/h5,9,12H,3-4,6H2,1-2H3,(H,13,16)/t9-/m0/s1. The van der Waals surface area contributed by atoms with E-state index in [-0.39, 0.29) is 11.9 Å². The molecule has 2 heterocycles. The van der Waals surface area contributed by atoms with Gasteiger partial charge in [0.15, 0.2) is 0 Å². The second-order valence-corrected chi connectivity index (χ2v) is 4.15. The lowest BCUT2D eigenvalue weighted by Gasteiger charge is -2.12. The van der Waals surface area contributed by atoms with Crippen LogP contribution in [0.4, 0.5) is 0 Å². The van der Waals surface area contributed by atoms with E-state index in [0.29, 0.717) is 11.3 Å². The number of amides is 1. The van der Waals surface area contributed by atoms with Crippen LogP contribution >= 0.6 is 0 Å². The first-order valence-corrected chi connectivity index (χ1v) is 5.49. The maximum absolute atomic E-state index is 12.0. The lowest BCUT2D eigenvalue weighted by atomic mass is 10.1. The van der Waals surface area contributed by atoms with Gasteiger partial charge >= 0.3 is 0 Å². The van der Waals surface area contributed by atoms with Crippen LogP contribution in [0.25, 0.3) is 0 Å². The minimum absolute atomic E-state index is 0.0517. The van der Waals surface area contributed by atoms with Gasteiger partial charge in [0.25, 0.3) is 5.91 Å². The molecule has 0 aromatic carbocycles. The SMILES string of the molecule is Cc1cc(C(=O)N[C@H]2CCNC2)c(C)nn1. The molecule has 0 spiro atoms. The third-order valence-corrected chi connectivity index (χ3v) is 2.74. The summed E-state index contributed by atoms with van der Waals surface area (Å²) in [7, 11) is 0. The van der Waals surface area contributed by atoms with E-state index in [1.54, 1.807) is 13.0 Å². The summed E-state index contributed by atoms with van der Waals surface area (Å²) in [5.41, 5.74) is 2.06. The lowest BCUT2D eigenvalue weighted by Crippen LogP contribution is -2.36. The number of nitrogens with one attached hydrogen (secondary N) is 2. The smallest absolute Gasteiger partial charge is 0.253 e. The van der Waals surface area contributed by atoms with Crippen molar-refractivity contribution in [1.82, 2.24) is 20.8 Å². The van der Waals surface area contributed by atoms with Gasteiger partial charge in [-0.1, -0.05) is 0 Å². The molecular weight excluding hydrogens is 204 g/mol. The predicted molar refractivity (Wildman–Crippen MR) is 60.2 cm³/mol. The molecule has 86 valence electrons. The third kappa shape index (κ3) is 2.36. The van der Waals surface area contributed by atoms with Gasteiger partial charge in [0, 0.05) is 12.6 Å². The Labute approximate surface area is 94.6 Å². The normalized spacial score (nSPS) is 19.8. The minimum atomic E-state index is -0.0517. The summed E-state index contributed by atoms with van der Waals surface area (Å²) in [6, 6.07) is 2.01. The number of hydrogen-bond acceptors (Lipinski definition) is 4. The second-order valence-electron chi connectivity index (χ2n) is 4.15. The van der Waals surface area contributed by atoms with Crippen molar-refractivity contribution in [2.24, 2.45) is 0 Å². The van der Waals surface area contributed by atoms with Gasteiger partial charge in [0.2, 0.25) is 0 Å². The van der Waals surface area contributed by atoms with Crippen LogP contribution in [0.2, 0.25) is 0 Å². The number of aromatic nitrogens is 2. The van der Waals surface area contributed by atoms with Gasteiger partial charge in [-0.2, -0.15) is 10.2 Å². The van der Waals surface area contributed by atoms with Gasteiger partial charge in [-0.3, -0.25) is 4.79 Å². The average molecular weight is 220 g/mol. The van der Waals surface area contributed by atoms with Gasteiger partial charge < -0.3 is 10.6 Å². The van der Waals surface area contributed by atoms with E-state index in [9.17, 15) is 4.79 Å². The molecule has 1 saturated heterocycles. The maximum atomic E-state index is 12.0. The van der Waals surface area contributed by atoms with Crippen LogP contribution in [0.15, 0.2) is 6.07 Å². The summed E-state index contributed by atoms with van der Waals surface area (Å²) in [5, 5.41) is 14.1. The Morgan fingerprint density at radius 2 is 2.31 bits per heavy atom. The number of nitrogens with zero attached hydrogens (tertiary/aromatic N) is 2. The first-order valence-electron chi connectivity index (χ1n) is 5.49. The summed E-state index contributed by atoms with van der Waals surface area (Å²) in [6.07, 6.45) is 0.988. The van der Waals surface area contributed by atoms with Crippen LogP contribution in [0.1, 0.15) is 28.2 Å². The van der Waals surface area contributed by atoms with Crippen LogP contribution in [-0.4, -0.2) is 35.2 Å². The van der Waals surface area contributed by atoms with E-state index in [4.69, 9.17) is 0 Å². The van der Waals surface area contributed by atoms with E-state index in [0.717, 1.165) is 25.2 Å². The molecule has 1 fully saturated rings. The number of hydrogen-bond donors (Lipinski definition) is 2. The van der Waals surface area contributed by atoms with Crippen molar-refractivity contribution in [1.29, 1.82) is 0 Å². The quantitative estimate of drug-likeness (QED) is 0.746. The zero-order valence-electron chi connectivity index (χ0n) is 9.58. The largest absolute Gasteiger partial charge is 0.348 e. The van der Waals surface area contributed by atoms with Crippen molar-refractivity contribution in [2.45, 2.75) is 26.3 Å². The first kappa shape index (κ1) is 11.0. The van der Waals surface area contributed by atoms with Crippen LogP contribution < -0.4 is 10.6 Å². The summed E-state index contributed by atoms with van der Waals surface area (Å²) in [5.74, 6) is -0.0517. The number of aryl methyl sites for hydroxylation is 2. The summed E-state index contributed by atoms with van der Waals surface area (Å²) >= 11 is 0. The molecule has 0 radical (unpaired) electrons. The van der Waals surface area contributed by atoms with Crippen LogP contribution in [-0.2, 0) is 0 Å². The number of carbonyl (C=O) groups is 1. The molecule has 1 aromatic heterocycles. The Hall–Kier alpha value is -1.49. The lowest BCUT2D eigenvalue weighted by molar-refractivity contribution is 0.0938. The Kier molecular flexibility index (Phi) is 3.14. The molecule has 1 aromatic rings. The highest BCUT2D eigenvalue weighted by molar-refractivity contribution is 5.95. The molecule has 0 unspecified atom stereocenters. The molecule has 0 saturated carbocycles. The highest BCUT2D eigenvalue weighted by Gasteiger charge is 2.19. The molecule has 5 heteroatoms. The molecule has 1 aliphatic rings. The highest BCUT2D eigenvalue weighted by Crippen LogP contribution is 2.06. The topological polar surface area (TPSA) is 66.9 Å². The maximum Gasteiger partial charge on any atom is 0.253 e. The van der Waals surface area contributed by atoms with Crippen molar-refractivity contribution < 1.29 is 4.79 Å². The number of rotatable bonds is 2. The van der Waals surface area contributed by atoms with E-state index in [1.165, 1.54) is 0 Å². The van der Waals surface area contributed by atoms with Crippen LogP contribution in [0.3, 0.4) is 0 Å². The van der Waals surface area contributed by atoms with Gasteiger partial charge in [-0.05, 0) is 32.9 Å². The van der Waals surface area contributed by atoms with Crippen molar-refractivity contribution >= 4 is 5.91 Å². The van der Waals surface area contributed by atoms with Gasteiger partial charge in [-0.25, -0.2) is 0 Å². The zero-order valence-corrected chi connectivity index (χ0v) is 9.58. The second kappa shape index (κ2) is 4.57. The molecule has 1 amide bonds. The molecule has 0 bridgehead atoms. The summed E-state index contributed by atoms with van der Waals surface area (Å²) < 4.78 is 0. The minimum Gasteiger partial charge on any atom is -0.348 e. The molecular formula is C11H16N4O. The first-order chi connectivity index (χ1) is 7.66. The molecule has 1 aliphatic heterocycles. The average Bonchev–Trinajstić information content (AvgIpc) is 2.74. The fourth-order valence-corrected chi connectivity index (χ4v) is 1.82. The molecule has 1 atom stereocenters. The monoisotopic (exact) mass is 220 g/mol. The fourth-order valence-electron chi connectivity index (χ4n) is 1.82. The third-order valence-electron chi connectivity index (χ3n) is 2.74. The Morgan fingerprint density at radius 1 is 1.50 bits per heavy atom. The van der Waals surface area contributed by atoms with E-state index >= 15 is 0 Å². The van der Waals surface area contributed by atoms with E-state index < -0.39 is 0 Å². The highest BCUT2D eigenvalue weighted by atomic mass is 16.1. The van der Waals surface area contributed by atoms with Crippen molar-refractivity contribution in [3.05, 3.63) is 23.0 Å². The summed E-state index contributed by atoms with van der Waals surface area (Å²) in [6.45, 7) is 5.45. The zero-order chi connectivity index (χ0) is 11.5. The van der Waals surface area contributed by atoms with Gasteiger partial charge in [-0.15, -0.1) is 0 Å². The number of carbonyl (C=O) groups excluding carboxylic acids is 1. The molecule has 16 heavy (non-hydrogen) atoms. The van der Waals surface area contributed by atoms with Gasteiger partial charge in [0.05, 0.1) is 17.0 Å². The van der Waals surface area contributed by atoms with Crippen molar-refractivity contribution in [3.63, 3.8) is 0 Å². The molecule has 0 aliphatic carbocycles. The van der Waals surface area contributed by atoms with E-state index in [1.807, 2.05) is 6.92 Å². The molecule has 2 N–H and O–H groups in total. The van der Waals surface area contributed by atoms with Crippen LogP contribution in [0.5, 0.6) is 0 Å². The molecule has 2 rings (SSSR count).